The molecule has 3 rings (SSSR count). The van der Waals surface area contributed by atoms with E-state index >= 15 is 0 Å². The first-order chi connectivity index (χ1) is 22.3. The van der Waals surface area contributed by atoms with Crippen molar-refractivity contribution in [3.8, 4) is 11.5 Å². The molecule has 3 aromatic carbocycles. The summed E-state index contributed by atoms with van der Waals surface area (Å²) in [5.41, 5.74) is 1.41. The predicted octanol–water partition coefficient (Wildman–Crippen LogP) is 14.3. The van der Waals surface area contributed by atoms with Crippen molar-refractivity contribution in [3.05, 3.63) is 48.0 Å². The molecule has 0 atom stereocenters. The van der Waals surface area contributed by atoms with Gasteiger partial charge < -0.3 is 9.47 Å². The smallest absolute Gasteiger partial charge is 0.135 e. The van der Waals surface area contributed by atoms with E-state index in [4.69, 9.17) is 9.47 Å². The van der Waals surface area contributed by atoms with Gasteiger partial charge in [-0.05, 0) is 37.3 Å². The van der Waals surface area contributed by atoms with Crippen molar-refractivity contribution in [3.63, 3.8) is 0 Å². The summed E-state index contributed by atoms with van der Waals surface area (Å²) < 4.78 is 13.3. The van der Waals surface area contributed by atoms with Crippen LogP contribution in [0.2, 0.25) is 0 Å². The molecule has 0 radical (unpaired) electrons. The second kappa shape index (κ2) is 24.0. The summed E-state index contributed by atoms with van der Waals surface area (Å²) in [6.45, 7) is 8.44. The van der Waals surface area contributed by atoms with Gasteiger partial charge in [-0.1, -0.05) is 186 Å². The summed E-state index contributed by atoms with van der Waals surface area (Å²) in [5, 5.41) is 4.82. The fourth-order valence-electron chi connectivity index (χ4n) is 6.72. The lowest BCUT2D eigenvalue weighted by Gasteiger charge is -2.19. The van der Waals surface area contributed by atoms with Crippen molar-refractivity contribution in [2.24, 2.45) is 0 Å². The van der Waals surface area contributed by atoms with Gasteiger partial charge in [-0.15, -0.1) is 0 Å². The summed E-state index contributed by atoms with van der Waals surface area (Å²) in [6, 6.07) is 15.8. The van der Waals surface area contributed by atoms with Gasteiger partial charge in [0.25, 0.3) is 0 Å². The molecule has 0 heterocycles. The maximum atomic E-state index is 6.70. The van der Waals surface area contributed by atoms with Gasteiger partial charge in [0.2, 0.25) is 0 Å². The SMILES string of the molecule is CCCCCCCCCCCCOc1c2ccccc2c(OCCCCCCCCCCCC)c2cc(CCCCC)ccc12. The molecule has 0 fully saturated rings. The van der Waals surface area contributed by atoms with Gasteiger partial charge in [-0.2, -0.15) is 0 Å². The van der Waals surface area contributed by atoms with Crippen molar-refractivity contribution in [2.45, 2.75) is 175 Å². The third-order valence-electron chi connectivity index (χ3n) is 9.55. The largest absolute Gasteiger partial charge is 0.492 e. The van der Waals surface area contributed by atoms with Crippen LogP contribution in [-0.2, 0) is 6.42 Å². The van der Waals surface area contributed by atoms with Gasteiger partial charge in [0.05, 0.1) is 13.2 Å². The summed E-state index contributed by atoms with van der Waals surface area (Å²) in [5.74, 6) is 2.10. The summed E-state index contributed by atoms with van der Waals surface area (Å²) in [6.07, 6.45) is 31.7. The lowest BCUT2D eigenvalue weighted by atomic mass is 9.97. The second-order valence-electron chi connectivity index (χ2n) is 13.6. The number of aryl methyl sites for hydroxylation is 1. The van der Waals surface area contributed by atoms with Crippen molar-refractivity contribution < 1.29 is 9.47 Å². The number of unbranched alkanes of at least 4 members (excludes halogenated alkanes) is 20. The third-order valence-corrected chi connectivity index (χ3v) is 9.55. The molecule has 0 saturated carbocycles. The number of hydrogen-bond acceptors (Lipinski definition) is 2. The number of ether oxygens (including phenoxy) is 2. The van der Waals surface area contributed by atoms with E-state index in [0.29, 0.717) is 0 Å². The van der Waals surface area contributed by atoms with Gasteiger partial charge in [0.15, 0.2) is 0 Å². The Labute approximate surface area is 278 Å². The third kappa shape index (κ3) is 14.0. The molecule has 0 unspecified atom stereocenters. The Bertz CT molecular complexity index is 1170. The number of rotatable bonds is 28. The highest BCUT2D eigenvalue weighted by atomic mass is 16.5. The maximum absolute atomic E-state index is 6.70. The Kier molecular flexibility index (Phi) is 19.9. The van der Waals surface area contributed by atoms with E-state index in [9.17, 15) is 0 Å². The van der Waals surface area contributed by atoms with Crippen LogP contribution in [-0.4, -0.2) is 13.2 Å². The maximum Gasteiger partial charge on any atom is 0.135 e. The molecule has 0 saturated heterocycles. The number of fused-ring (bicyclic) bond motifs is 2. The van der Waals surface area contributed by atoms with Gasteiger partial charge in [0, 0.05) is 21.5 Å². The molecule has 0 aliphatic carbocycles. The summed E-state index contributed by atoms with van der Waals surface area (Å²) >= 11 is 0. The molecular formula is C43H68O2. The Hall–Kier alpha value is -2.22. The minimum Gasteiger partial charge on any atom is -0.492 e. The topological polar surface area (TPSA) is 18.5 Å². The zero-order chi connectivity index (χ0) is 31.8. The molecule has 0 bridgehead atoms. The van der Waals surface area contributed by atoms with Crippen LogP contribution in [0.5, 0.6) is 11.5 Å². The van der Waals surface area contributed by atoms with Gasteiger partial charge in [-0.3, -0.25) is 0 Å². The summed E-state index contributed by atoms with van der Waals surface area (Å²) in [4.78, 5) is 0. The molecule has 252 valence electrons. The van der Waals surface area contributed by atoms with Crippen LogP contribution >= 0.6 is 0 Å². The van der Waals surface area contributed by atoms with Crippen molar-refractivity contribution in [1.29, 1.82) is 0 Å². The fourth-order valence-corrected chi connectivity index (χ4v) is 6.72. The van der Waals surface area contributed by atoms with Crippen LogP contribution in [0.1, 0.15) is 174 Å². The zero-order valence-corrected chi connectivity index (χ0v) is 29.7. The van der Waals surface area contributed by atoms with E-state index in [1.807, 2.05) is 0 Å². The Balaban J connectivity index is 1.61. The van der Waals surface area contributed by atoms with E-state index in [1.54, 1.807) is 0 Å². The van der Waals surface area contributed by atoms with Crippen molar-refractivity contribution >= 4 is 21.5 Å². The first-order valence-corrected chi connectivity index (χ1v) is 19.5. The molecule has 0 N–H and O–H groups in total. The highest BCUT2D eigenvalue weighted by Crippen LogP contribution is 2.43. The van der Waals surface area contributed by atoms with Crippen LogP contribution < -0.4 is 9.47 Å². The molecule has 0 aliphatic heterocycles. The summed E-state index contributed by atoms with van der Waals surface area (Å²) in [7, 11) is 0. The Morgan fingerprint density at radius 3 is 1.22 bits per heavy atom. The first-order valence-electron chi connectivity index (χ1n) is 19.5. The molecular weight excluding hydrogens is 548 g/mol. The van der Waals surface area contributed by atoms with Crippen LogP contribution in [0.3, 0.4) is 0 Å². The average Bonchev–Trinajstić information content (AvgIpc) is 3.06. The van der Waals surface area contributed by atoms with Gasteiger partial charge >= 0.3 is 0 Å². The fraction of sp³-hybridized carbons (Fsp3) is 0.674. The highest BCUT2D eigenvalue weighted by Gasteiger charge is 2.17. The molecule has 0 amide bonds. The van der Waals surface area contributed by atoms with Crippen LogP contribution in [0.25, 0.3) is 21.5 Å². The zero-order valence-electron chi connectivity index (χ0n) is 29.7. The molecule has 2 nitrogen and oxygen atoms in total. The van der Waals surface area contributed by atoms with Crippen molar-refractivity contribution in [2.75, 3.05) is 13.2 Å². The highest BCUT2D eigenvalue weighted by molar-refractivity contribution is 6.11. The second-order valence-corrected chi connectivity index (χ2v) is 13.6. The van der Waals surface area contributed by atoms with E-state index in [1.165, 1.54) is 162 Å². The number of benzene rings is 3. The van der Waals surface area contributed by atoms with Gasteiger partial charge in [0.1, 0.15) is 11.5 Å². The Morgan fingerprint density at radius 2 is 0.756 bits per heavy atom. The predicted molar refractivity (Wildman–Crippen MR) is 199 cm³/mol. The normalized spacial score (nSPS) is 11.5. The van der Waals surface area contributed by atoms with Crippen LogP contribution in [0.15, 0.2) is 42.5 Å². The number of hydrogen-bond donors (Lipinski definition) is 0. The molecule has 3 aromatic rings. The quantitative estimate of drug-likeness (QED) is 0.0597. The monoisotopic (exact) mass is 617 g/mol. The Morgan fingerprint density at radius 1 is 0.378 bits per heavy atom. The van der Waals surface area contributed by atoms with Crippen LogP contribution in [0.4, 0.5) is 0 Å². The standard InChI is InChI=1S/C43H68O2/c1-4-7-10-12-14-16-18-20-22-27-34-44-42-38-30-25-26-31-39(38)43(41-36-37(29-24-9-6-3)32-33-40(41)42)45-35-28-23-21-19-17-15-13-11-8-5-2/h25-26,30-33,36H,4-24,27-29,34-35H2,1-3H3. The van der Waals surface area contributed by atoms with Crippen LogP contribution in [0, 0.1) is 0 Å². The average molecular weight is 617 g/mol. The molecule has 2 heteroatoms. The van der Waals surface area contributed by atoms with E-state index < -0.39 is 0 Å². The lowest BCUT2D eigenvalue weighted by molar-refractivity contribution is 0.306. The molecule has 45 heavy (non-hydrogen) atoms. The van der Waals surface area contributed by atoms with Gasteiger partial charge in [-0.25, -0.2) is 0 Å². The van der Waals surface area contributed by atoms with E-state index in [-0.39, 0.29) is 0 Å². The van der Waals surface area contributed by atoms with E-state index in [0.717, 1.165) is 44.0 Å². The van der Waals surface area contributed by atoms with E-state index in [2.05, 4.69) is 63.2 Å². The minimum atomic E-state index is 0.784. The molecule has 0 spiro atoms. The van der Waals surface area contributed by atoms with Crippen molar-refractivity contribution in [1.82, 2.24) is 0 Å². The minimum absolute atomic E-state index is 0.784. The molecule has 0 aromatic heterocycles. The molecule has 0 aliphatic rings. The lowest BCUT2D eigenvalue weighted by Crippen LogP contribution is -2.03. The first kappa shape index (κ1) is 37.2.